The highest BCUT2D eigenvalue weighted by Crippen LogP contribution is 2.33. The Balaban J connectivity index is 1.96. The Morgan fingerprint density at radius 1 is 1.12 bits per heavy atom. The van der Waals surface area contributed by atoms with E-state index in [0.29, 0.717) is 36.9 Å². The SMILES string of the molecule is CCOC(=O)C1=C(CN2CCC[C@@H](C(=O)OCC)C2)N(C)C(=O)N[C@H]1c1ccc(C(C)C)cc1. The first-order valence-corrected chi connectivity index (χ1v) is 12.2. The Morgan fingerprint density at radius 3 is 2.41 bits per heavy atom. The number of likely N-dealkylation sites (N-methyl/N-ethyl adjacent to an activating group) is 1. The van der Waals surface area contributed by atoms with Gasteiger partial charge in [-0.25, -0.2) is 9.59 Å². The first-order valence-electron chi connectivity index (χ1n) is 12.2. The van der Waals surface area contributed by atoms with Crippen molar-refractivity contribution in [1.29, 1.82) is 0 Å². The zero-order chi connectivity index (χ0) is 24.8. The highest BCUT2D eigenvalue weighted by Gasteiger charge is 2.38. The highest BCUT2D eigenvalue weighted by molar-refractivity contribution is 5.95. The molecule has 8 heteroatoms. The Labute approximate surface area is 202 Å². The lowest BCUT2D eigenvalue weighted by Gasteiger charge is -2.38. The summed E-state index contributed by atoms with van der Waals surface area (Å²) >= 11 is 0. The van der Waals surface area contributed by atoms with Gasteiger partial charge in [-0.2, -0.15) is 0 Å². The van der Waals surface area contributed by atoms with Crippen LogP contribution in [0.5, 0.6) is 0 Å². The third-order valence-corrected chi connectivity index (χ3v) is 6.51. The van der Waals surface area contributed by atoms with Crippen LogP contribution >= 0.6 is 0 Å². The first-order chi connectivity index (χ1) is 16.3. The van der Waals surface area contributed by atoms with Crippen LogP contribution in [0.25, 0.3) is 0 Å². The van der Waals surface area contributed by atoms with Crippen LogP contribution in [0.3, 0.4) is 0 Å². The van der Waals surface area contributed by atoms with Crippen molar-refractivity contribution < 1.29 is 23.9 Å². The molecule has 1 fully saturated rings. The lowest BCUT2D eigenvalue weighted by molar-refractivity contribution is -0.150. The van der Waals surface area contributed by atoms with Crippen molar-refractivity contribution >= 4 is 18.0 Å². The molecular formula is C26H37N3O5. The fourth-order valence-corrected chi connectivity index (χ4v) is 4.58. The summed E-state index contributed by atoms with van der Waals surface area (Å²) in [6.45, 7) is 10.1. The van der Waals surface area contributed by atoms with Gasteiger partial charge in [-0.1, -0.05) is 38.1 Å². The Kier molecular flexibility index (Phi) is 8.72. The van der Waals surface area contributed by atoms with Crippen LogP contribution < -0.4 is 5.32 Å². The van der Waals surface area contributed by atoms with E-state index in [1.165, 1.54) is 10.5 Å². The molecule has 0 spiro atoms. The summed E-state index contributed by atoms with van der Waals surface area (Å²) in [7, 11) is 1.66. The maximum atomic E-state index is 13.2. The third kappa shape index (κ3) is 5.78. The molecule has 2 heterocycles. The molecule has 0 radical (unpaired) electrons. The number of rotatable bonds is 8. The number of nitrogens with one attached hydrogen (secondary N) is 1. The quantitative estimate of drug-likeness (QED) is 0.583. The van der Waals surface area contributed by atoms with Gasteiger partial charge in [0.25, 0.3) is 0 Å². The Hall–Kier alpha value is -2.87. The summed E-state index contributed by atoms with van der Waals surface area (Å²) in [4.78, 5) is 42.0. The predicted molar refractivity (Wildman–Crippen MR) is 129 cm³/mol. The molecule has 0 bridgehead atoms. The van der Waals surface area contributed by atoms with Crippen LogP contribution in [0.2, 0.25) is 0 Å². The molecule has 1 saturated heterocycles. The molecular weight excluding hydrogens is 434 g/mol. The Bertz CT molecular complexity index is 925. The van der Waals surface area contributed by atoms with E-state index in [2.05, 4.69) is 24.1 Å². The summed E-state index contributed by atoms with van der Waals surface area (Å²) in [5.74, 6) is -0.462. The summed E-state index contributed by atoms with van der Waals surface area (Å²) in [5.41, 5.74) is 3.04. The number of hydrogen-bond acceptors (Lipinski definition) is 6. The topological polar surface area (TPSA) is 88.2 Å². The van der Waals surface area contributed by atoms with Crippen LogP contribution in [0.4, 0.5) is 4.79 Å². The van der Waals surface area contributed by atoms with Gasteiger partial charge in [0.15, 0.2) is 0 Å². The number of carbonyl (C=O) groups is 3. The number of piperidine rings is 1. The summed E-state index contributed by atoms with van der Waals surface area (Å²) in [5, 5.41) is 2.97. The lowest BCUT2D eigenvalue weighted by Crippen LogP contribution is -2.50. The molecule has 8 nitrogen and oxygen atoms in total. The maximum Gasteiger partial charge on any atom is 0.338 e. The number of esters is 2. The lowest BCUT2D eigenvalue weighted by atomic mass is 9.91. The van der Waals surface area contributed by atoms with Crippen LogP contribution in [0, 0.1) is 5.92 Å². The molecule has 2 atom stereocenters. The minimum atomic E-state index is -0.607. The van der Waals surface area contributed by atoms with E-state index in [0.717, 1.165) is 24.9 Å². The molecule has 0 saturated carbocycles. The molecule has 1 aromatic carbocycles. The van der Waals surface area contributed by atoms with E-state index in [1.54, 1.807) is 20.9 Å². The second-order valence-electron chi connectivity index (χ2n) is 9.17. The average molecular weight is 472 g/mol. The number of urea groups is 1. The van der Waals surface area contributed by atoms with Crippen molar-refractivity contribution in [2.45, 2.75) is 52.5 Å². The van der Waals surface area contributed by atoms with E-state index in [9.17, 15) is 14.4 Å². The minimum absolute atomic E-state index is 0.190. The number of benzene rings is 1. The first kappa shape index (κ1) is 25.7. The fraction of sp³-hybridized carbons (Fsp3) is 0.577. The summed E-state index contributed by atoms with van der Waals surface area (Å²) < 4.78 is 10.6. The molecule has 2 aliphatic rings. The van der Waals surface area contributed by atoms with E-state index in [4.69, 9.17) is 9.47 Å². The largest absolute Gasteiger partial charge is 0.466 e. The third-order valence-electron chi connectivity index (χ3n) is 6.51. The van der Waals surface area contributed by atoms with Gasteiger partial charge in [-0.15, -0.1) is 0 Å². The van der Waals surface area contributed by atoms with Gasteiger partial charge in [0, 0.05) is 25.8 Å². The predicted octanol–water partition coefficient (Wildman–Crippen LogP) is 3.60. The number of amides is 2. The molecule has 2 amide bonds. The molecule has 1 aromatic rings. The molecule has 0 unspecified atom stereocenters. The van der Waals surface area contributed by atoms with Crippen LogP contribution in [-0.2, 0) is 19.1 Å². The van der Waals surface area contributed by atoms with Crippen molar-refractivity contribution in [3.8, 4) is 0 Å². The van der Waals surface area contributed by atoms with Crippen LogP contribution in [0.1, 0.15) is 63.6 Å². The zero-order valence-electron chi connectivity index (χ0n) is 20.9. The molecule has 2 aliphatic heterocycles. The average Bonchev–Trinajstić information content (AvgIpc) is 2.82. The summed E-state index contributed by atoms with van der Waals surface area (Å²) in [6.07, 6.45) is 1.63. The molecule has 3 rings (SSSR count). The van der Waals surface area contributed by atoms with E-state index < -0.39 is 12.0 Å². The van der Waals surface area contributed by atoms with E-state index in [-0.39, 0.29) is 24.5 Å². The second-order valence-corrected chi connectivity index (χ2v) is 9.17. The fourth-order valence-electron chi connectivity index (χ4n) is 4.58. The van der Waals surface area contributed by atoms with Gasteiger partial charge < -0.3 is 14.8 Å². The van der Waals surface area contributed by atoms with E-state index in [1.807, 2.05) is 24.3 Å². The highest BCUT2D eigenvalue weighted by atomic mass is 16.5. The number of hydrogen-bond donors (Lipinski definition) is 1. The van der Waals surface area contributed by atoms with Gasteiger partial charge in [0.2, 0.25) is 0 Å². The van der Waals surface area contributed by atoms with Crippen LogP contribution in [0.15, 0.2) is 35.5 Å². The van der Waals surface area contributed by atoms with Gasteiger partial charge in [0.05, 0.1) is 30.7 Å². The van der Waals surface area contributed by atoms with Crippen molar-refractivity contribution in [2.75, 3.05) is 39.9 Å². The molecule has 0 aromatic heterocycles. The molecule has 1 N–H and O–H groups in total. The van der Waals surface area contributed by atoms with Crippen molar-refractivity contribution in [2.24, 2.45) is 5.92 Å². The standard InChI is InChI=1S/C26H37N3O5/c1-6-33-24(30)20-9-8-14-29(15-20)16-21-22(25(31)34-7-2)23(27-26(32)28(21)5)19-12-10-18(11-13-19)17(3)4/h10-13,17,20,23H,6-9,14-16H2,1-5H3,(H,27,32)/t20-,23+/m1/s1. The van der Waals surface area contributed by atoms with Crippen LogP contribution in [-0.4, -0.2) is 67.7 Å². The summed E-state index contributed by atoms with van der Waals surface area (Å²) in [6, 6.07) is 7.09. The molecule has 186 valence electrons. The van der Waals surface area contributed by atoms with Gasteiger partial charge in [-0.05, 0) is 50.3 Å². The smallest absolute Gasteiger partial charge is 0.338 e. The molecule has 0 aliphatic carbocycles. The van der Waals surface area contributed by atoms with Crippen molar-refractivity contribution in [3.63, 3.8) is 0 Å². The number of nitrogens with zero attached hydrogens (tertiary/aromatic N) is 2. The van der Waals surface area contributed by atoms with Gasteiger partial charge in [-0.3, -0.25) is 14.6 Å². The van der Waals surface area contributed by atoms with Crippen molar-refractivity contribution in [1.82, 2.24) is 15.1 Å². The molecule has 34 heavy (non-hydrogen) atoms. The maximum absolute atomic E-state index is 13.2. The van der Waals surface area contributed by atoms with Crippen molar-refractivity contribution in [3.05, 3.63) is 46.7 Å². The monoisotopic (exact) mass is 471 g/mol. The minimum Gasteiger partial charge on any atom is -0.466 e. The number of ether oxygens (including phenoxy) is 2. The van der Waals surface area contributed by atoms with E-state index >= 15 is 0 Å². The number of likely N-dealkylation sites (tertiary alicyclic amines) is 1. The normalized spacial score (nSPS) is 21.5. The number of carbonyl (C=O) groups excluding carboxylic acids is 3. The van der Waals surface area contributed by atoms with Gasteiger partial charge >= 0.3 is 18.0 Å². The second kappa shape index (κ2) is 11.5. The van der Waals surface area contributed by atoms with Gasteiger partial charge in [0.1, 0.15) is 0 Å². The Morgan fingerprint density at radius 2 is 1.79 bits per heavy atom. The zero-order valence-corrected chi connectivity index (χ0v) is 20.9.